The molecule has 3 aliphatic carbocycles. The zero-order chi connectivity index (χ0) is 13.2. The second-order valence-electron chi connectivity index (χ2n) is 5.79. The lowest BCUT2D eigenvalue weighted by molar-refractivity contribution is 0.694. The first-order valence-corrected chi connectivity index (χ1v) is 7.49. The largest absolute Gasteiger partial charge is 0.124 e. The molecule has 3 aliphatic rings. The Morgan fingerprint density at radius 1 is 1.42 bits per heavy atom. The summed E-state index contributed by atoms with van der Waals surface area (Å²) in [5.41, 5.74) is 7.55. The lowest BCUT2D eigenvalue weighted by Crippen LogP contribution is -2.05. The van der Waals surface area contributed by atoms with Gasteiger partial charge in [-0.15, -0.1) is 5.73 Å². The Morgan fingerprint density at radius 2 is 2.32 bits per heavy atom. The number of rotatable bonds is 3. The van der Waals surface area contributed by atoms with Crippen molar-refractivity contribution in [2.45, 2.75) is 32.6 Å². The fourth-order valence-corrected chi connectivity index (χ4v) is 3.38. The minimum absolute atomic E-state index is 0.475. The van der Waals surface area contributed by atoms with Crippen molar-refractivity contribution in [3.05, 3.63) is 65.5 Å². The number of hydrogen-bond acceptors (Lipinski definition) is 0. The third kappa shape index (κ3) is 2.46. The van der Waals surface area contributed by atoms with Gasteiger partial charge in [0.2, 0.25) is 0 Å². The summed E-state index contributed by atoms with van der Waals surface area (Å²) in [7, 11) is 0. The van der Waals surface area contributed by atoms with Crippen LogP contribution in [0, 0.1) is 17.8 Å². The van der Waals surface area contributed by atoms with Gasteiger partial charge in [0, 0.05) is 11.5 Å². The number of fused-ring (bicyclic) bond motifs is 1. The highest BCUT2D eigenvalue weighted by atomic mass is 14.4. The summed E-state index contributed by atoms with van der Waals surface area (Å²) in [5.74, 6) is 2.13. The maximum atomic E-state index is 3.95. The fraction of sp³-hybridized carbons (Fsp3) is 0.421. The zero-order valence-corrected chi connectivity index (χ0v) is 11.7. The maximum absolute atomic E-state index is 3.95. The Morgan fingerprint density at radius 3 is 3.11 bits per heavy atom. The molecule has 0 heteroatoms. The molecule has 3 rings (SSSR count). The lowest BCUT2D eigenvalue weighted by Gasteiger charge is -2.19. The van der Waals surface area contributed by atoms with Crippen molar-refractivity contribution in [1.29, 1.82) is 0 Å². The molecule has 98 valence electrons. The van der Waals surface area contributed by atoms with E-state index in [0.717, 1.165) is 18.3 Å². The minimum Gasteiger partial charge on any atom is -0.124 e. The van der Waals surface area contributed by atoms with Crippen LogP contribution in [0.2, 0.25) is 0 Å². The molecule has 0 heterocycles. The van der Waals surface area contributed by atoms with Crippen LogP contribution in [0.15, 0.2) is 65.5 Å². The van der Waals surface area contributed by atoms with Crippen molar-refractivity contribution in [3.63, 3.8) is 0 Å². The SMILES string of the molecule is C=C=C(C1=CC2CC2C(CC)=C1)C1C=CC=CCC1. The van der Waals surface area contributed by atoms with E-state index in [2.05, 4.69) is 55.7 Å². The summed E-state index contributed by atoms with van der Waals surface area (Å²) >= 11 is 0. The molecule has 0 N–H and O–H groups in total. The molecule has 0 aromatic rings. The van der Waals surface area contributed by atoms with E-state index in [1.54, 1.807) is 5.57 Å². The van der Waals surface area contributed by atoms with Gasteiger partial charge in [-0.2, -0.15) is 0 Å². The van der Waals surface area contributed by atoms with Gasteiger partial charge in [0.1, 0.15) is 0 Å². The lowest BCUT2D eigenvalue weighted by atomic mass is 9.85. The molecule has 0 bridgehead atoms. The Hall–Kier alpha value is -1.52. The molecule has 3 atom stereocenters. The quantitative estimate of drug-likeness (QED) is 0.609. The predicted molar refractivity (Wildman–Crippen MR) is 81.7 cm³/mol. The van der Waals surface area contributed by atoms with Crippen LogP contribution in [0.25, 0.3) is 0 Å². The topological polar surface area (TPSA) is 0 Å². The van der Waals surface area contributed by atoms with Crippen molar-refractivity contribution >= 4 is 0 Å². The van der Waals surface area contributed by atoms with Gasteiger partial charge in [-0.25, -0.2) is 0 Å². The maximum Gasteiger partial charge on any atom is 0.0103 e. The zero-order valence-electron chi connectivity index (χ0n) is 11.7. The first-order valence-electron chi connectivity index (χ1n) is 7.49. The van der Waals surface area contributed by atoms with Gasteiger partial charge in [-0.05, 0) is 43.1 Å². The van der Waals surface area contributed by atoms with Crippen LogP contribution >= 0.6 is 0 Å². The van der Waals surface area contributed by atoms with Gasteiger partial charge in [0.15, 0.2) is 0 Å². The van der Waals surface area contributed by atoms with Gasteiger partial charge < -0.3 is 0 Å². The molecule has 0 aromatic heterocycles. The van der Waals surface area contributed by atoms with Crippen molar-refractivity contribution in [3.8, 4) is 0 Å². The van der Waals surface area contributed by atoms with Gasteiger partial charge in [0.05, 0.1) is 0 Å². The van der Waals surface area contributed by atoms with Crippen molar-refractivity contribution in [2.24, 2.45) is 17.8 Å². The third-order valence-corrected chi connectivity index (χ3v) is 4.57. The summed E-state index contributed by atoms with van der Waals surface area (Å²) < 4.78 is 0. The molecule has 0 saturated heterocycles. The van der Waals surface area contributed by atoms with Crippen molar-refractivity contribution in [1.82, 2.24) is 0 Å². The number of hydrogen-bond donors (Lipinski definition) is 0. The molecule has 19 heavy (non-hydrogen) atoms. The van der Waals surface area contributed by atoms with E-state index in [1.807, 2.05) is 0 Å². The van der Waals surface area contributed by atoms with E-state index in [9.17, 15) is 0 Å². The van der Waals surface area contributed by atoms with E-state index >= 15 is 0 Å². The van der Waals surface area contributed by atoms with E-state index in [-0.39, 0.29) is 0 Å². The second kappa shape index (κ2) is 5.23. The Labute approximate surface area is 116 Å². The van der Waals surface area contributed by atoms with Crippen LogP contribution in [-0.4, -0.2) is 0 Å². The van der Waals surface area contributed by atoms with Crippen LogP contribution in [-0.2, 0) is 0 Å². The van der Waals surface area contributed by atoms with E-state index in [4.69, 9.17) is 0 Å². The molecular formula is C19H22. The van der Waals surface area contributed by atoms with Crippen LogP contribution in [0.1, 0.15) is 32.6 Å². The molecule has 0 nitrogen and oxygen atoms in total. The summed E-state index contributed by atoms with van der Waals surface area (Å²) in [4.78, 5) is 0. The Kier molecular flexibility index (Phi) is 3.44. The van der Waals surface area contributed by atoms with Gasteiger partial charge in [-0.3, -0.25) is 0 Å². The average Bonchev–Trinajstić information content (AvgIpc) is 3.22. The normalized spacial score (nSPS) is 31.7. The highest BCUT2D eigenvalue weighted by Gasteiger charge is 2.40. The van der Waals surface area contributed by atoms with Crippen LogP contribution in [0.4, 0.5) is 0 Å². The van der Waals surface area contributed by atoms with Crippen LogP contribution in [0.5, 0.6) is 0 Å². The molecule has 0 radical (unpaired) electrons. The van der Waals surface area contributed by atoms with Gasteiger partial charge in [0.25, 0.3) is 0 Å². The Balaban J connectivity index is 1.87. The summed E-state index contributed by atoms with van der Waals surface area (Å²) in [6.07, 6.45) is 18.6. The monoisotopic (exact) mass is 250 g/mol. The predicted octanol–water partition coefficient (Wildman–Crippen LogP) is 5.13. The molecule has 3 unspecified atom stereocenters. The van der Waals surface area contributed by atoms with E-state index < -0.39 is 0 Å². The molecule has 0 aliphatic heterocycles. The van der Waals surface area contributed by atoms with E-state index in [1.165, 1.54) is 30.4 Å². The first kappa shape index (κ1) is 12.5. The third-order valence-electron chi connectivity index (χ3n) is 4.57. The molecule has 1 saturated carbocycles. The molecule has 0 spiro atoms. The highest BCUT2D eigenvalue weighted by molar-refractivity contribution is 5.49. The average molecular weight is 250 g/mol. The Bertz CT molecular complexity index is 532. The standard InChI is InChI=1S/C19H22/c1-3-14-11-16(12-17-13-19(14)17)18(4-2)15-9-7-5-6-8-10-15/h5-7,9,11-12,15,17,19H,2-3,8,10,13H2,1H3. The minimum atomic E-state index is 0.475. The molecule has 0 aromatic carbocycles. The second-order valence-corrected chi connectivity index (χ2v) is 5.79. The highest BCUT2D eigenvalue weighted by Crippen LogP contribution is 2.51. The van der Waals surface area contributed by atoms with Crippen molar-refractivity contribution < 1.29 is 0 Å². The van der Waals surface area contributed by atoms with Crippen LogP contribution in [0.3, 0.4) is 0 Å². The fourth-order valence-electron chi connectivity index (χ4n) is 3.38. The van der Waals surface area contributed by atoms with Gasteiger partial charge >= 0.3 is 0 Å². The molecule has 1 fully saturated rings. The van der Waals surface area contributed by atoms with Crippen molar-refractivity contribution in [2.75, 3.05) is 0 Å². The van der Waals surface area contributed by atoms with E-state index in [0.29, 0.717) is 5.92 Å². The number of allylic oxidation sites excluding steroid dienone is 9. The first-order chi connectivity index (χ1) is 9.33. The van der Waals surface area contributed by atoms with Crippen LogP contribution < -0.4 is 0 Å². The summed E-state index contributed by atoms with van der Waals surface area (Å²) in [6.45, 7) is 6.22. The smallest absolute Gasteiger partial charge is 0.0103 e. The molecular weight excluding hydrogens is 228 g/mol. The summed E-state index contributed by atoms with van der Waals surface area (Å²) in [5, 5.41) is 0. The summed E-state index contributed by atoms with van der Waals surface area (Å²) in [6, 6.07) is 0. The van der Waals surface area contributed by atoms with Gasteiger partial charge in [-0.1, -0.05) is 55.5 Å². The molecule has 0 amide bonds.